The van der Waals surface area contributed by atoms with Crippen LogP contribution in [0.3, 0.4) is 0 Å². The van der Waals surface area contributed by atoms with Gasteiger partial charge < -0.3 is 4.18 Å². The smallest absolute Gasteiger partial charge is 0.376 e. The maximum Gasteiger partial charge on any atom is 0.534 e. The van der Waals surface area contributed by atoms with Gasteiger partial charge in [-0.1, -0.05) is 13.0 Å². The van der Waals surface area contributed by atoms with E-state index in [1.165, 1.54) is 12.1 Å². The third-order valence-electron chi connectivity index (χ3n) is 3.14. The molecule has 0 N–H and O–H groups in total. The predicted octanol–water partition coefficient (Wildman–Crippen LogP) is 3.04. The molecule has 106 valence electrons. The normalized spacial score (nSPS) is 19.9. The fourth-order valence-corrected chi connectivity index (χ4v) is 2.59. The van der Waals surface area contributed by atoms with Gasteiger partial charge >= 0.3 is 15.6 Å². The van der Waals surface area contributed by atoms with E-state index in [-0.39, 0.29) is 5.75 Å². The standard InChI is InChI=1S/C12H13F3O3S/c1-8-2-3-10-7-11(5-4-9(10)6-8)18-19(16,17)12(13,14)15/h4-5,7-8H,2-3,6H2,1H3. The number of alkyl halides is 3. The van der Waals surface area contributed by atoms with E-state index in [0.29, 0.717) is 5.92 Å². The van der Waals surface area contributed by atoms with E-state index in [1.54, 1.807) is 6.07 Å². The van der Waals surface area contributed by atoms with E-state index in [9.17, 15) is 21.6 Å². The fraction of sp³-hybridized carbons (Fsp3) is 0.500. The Morgan fingerprint density at radius 1 is 1.26 bits per heavy atom. The highest BCUT2D eigenvalue weighted by Gasteiger charge is 2.48. The Labute approximate surface area is 109 Å². The Balaban J connectivity index is 2.25. The molecule has 0 amide bonds. The molecular formula is C12H13F3O3S. The Hall–Kier alpha value is -1.24. The topological polar surface area (TPSA) is 43.4 Å². The van der Waals surface area contributed by atoms with Gasteiger partial charge in [0.05, 0.1) is 0 Å². The van der Waals surface area contributed by atoms with Crippen molar-refractivity contribution in [2.24, 2.45) is 5.92 Å². The minimum absolute atomic E-state index is 0.286. The number of fused-ring (bicyclic) bond motifs is 1. The molecule has 19 heavy (non-hydrogen) atoms. The molecule has 0 fully saturated rings. The summed E-state index contributed by atoms with van der Waals surface area (Å²) >= 11 is 0. The van der Waals surface area contributed by atoms with Gasteiger partial charge in [-0.15, -0.1) is 0 Å². The molecule has 0 saturated heterocycles. The molecule has 2 rings (SSSR count). The minimum atomic E-state index is -5.59. The van der Waals surface area contributed by atoms with Crippen LogP contribution in [0.4, 0.5) is 13.2 Å². The van der Waals surface area contributed by atoms with Crippen LogP contribution in [0.2, 0.25) is 0 Å². The number of aryl methyl sites for hydroxylation is 1. The van der Waals surface area contributed by atoms with Gasteiger partial charge in [-0.2, -0.15) is 21.6 Å². The summed E-state index contributed by atoms with van der Waals surface area (Å²) < 4.78 is 62.5. The average molecular weight is 294 g/mol. The number of halogens is 3. The molecule has 7 heteroatoms. The monoisotopic (exact) mass is 294 g/mol. The Morgan fingerprint density at radius 2 is 1.95 bits per heavy atom. The number of benzene rings is 1. The lowest BCUT2D eigenvalue weighted by molar-refractivity contribution is -0.0500. The molecule has 0 aliphatic heterocycles. The van der Waals surface area contributed by atoms with Gasteiger partial charge in [0.1, 0.15) is 5.75 Å². The van der Waals surface area contributed by atoms with Crippen LogP contribution in [0.5, 0.6) is 5.75 Å². The maximum atomic E-state index is 12.2. The highest BCUT2D eigenvalue weighted by molar-refractivity contribution is 7.87. The highest BCUT2D eigenvalue weighted by atomic mass is 32.2. The third-order valence-corrected chi connectivity index (χ3v) is 4.12. The van der Waals surface area contributed by atoms with E-state index in [1.807, 2.05) is 0 Å². The van der Waals surface area contributed by atoms with E-state index >= 15 is 0 Å². The SMILES string of the molecule is CC1CCc2cc(OS(=O)(=O)C(F)(F)F)ccc2C1. The zero-order valence-corrected chi connectivity index (χ0v) is 11.0. The van der Waals surface area contributed by atoms with Crippen LogP contribution >= 0.6 is 0 Å². The van der Waals surface area contributed by atoms with E-state index < -0.39 is 15.6 Å². The average Bonchev–Trinajstić information content (AvgIpc) is 2.27. The molecule has 1 atom stereocenters. The molecule has 0 aromatic heterocycles. The molecule has 0 heterocycles. The summed E-state index contributed by atoms with van der Waals surface area (Å²) in [6.07, 6.45) is 2.50. The van der Waals surface area contributed by atoms with Gasteiger partial charge in [0.25, 0.3) is 0 Å². The first-order valence-electron chi connectivity index (χ1n) is 5.81. The van der Waals surface area contributed by atoms with Gasteiger partial charge in [-0.3, -0.25) is 0 Å². The number of hydrogen-bond acceptors (Lipinski definition) is 3. The molecule has 1 aromatic carbocycles. The zero-order chi connectivity index (χ0) is 14.3. The van der Waals surface area contributed by atoms with Crippen LogP contribution in [0.1, 0.15) is 24.5 Å². The van der Waals surface area contributed by atoms with Crippen molar-refractivity contribution in [1.29, 1.82) is 0 Å². The Kier molecular flexibility index (Phi) is 3.51. The van der Waals surface area contributed by atoms with Crippen molar-refractivity contribution in [1.82, 2.24) is 0 Å². The van der Waals surface area contributed by atoms with Crippen LogP contribution in [-0.4, -0.2) is 13.9 Å². The summed E-state index contributed by atoms with van der Waals surface area (Å²) in [6, 6.07) is 4.27. The summed E-state index contributed by atoms with van der Waals surface area (Å²) in [5, 5.41) is 0. The van der Waals surface area contributed by atoms with E-state index in [0.717, 1.165) is 30.4 Å². The van der Waals surface area contributed by atoms with Crippen molar-refractivity contribution in [3.63, 3.8) is 0 Å². The van der Waals surface area contributed by atoms with Crippen molar-refractivity contribution in [2.75, 3.05) is 0 Å². The first-order valence-corrected chi connectivity index (χ1v) is 7.22. The summed E-state index contributed by atoms with van der Waals surface area (Å²) in [5.41, 5.74) is -3.51. The highest BCUT2D eigenvalue weighted by Crippen LogP contribution is 2.31. The van der Waals surface area contributed by atoms with Crippen LogP contribution in [-0.2, 0) is 23.0 Å². The van der Waals surface area contributed by atoms with Gasteiger partial charge in [-0.25, -0.2) is 0 Å². The molecule has 1 unspecified atom stereocenters. The molecule has 0 bridgehead atoms. The molecule has 0 spiro atoms. The van der Waals surface area contributed by atoms with Crippen molar-refractivity contribution in [3.05, 3.63) is 29.3 Å². The minimum Gasteiger partial charge on any atom is -0.376 e. The summed E-state index contributed by atoms with van der Waals surface area (Å²) in [4.78, 5) is 0. The molecule has 0 saturated carbocycles. The number of rotatable bonds is 2. The van der Waals surface area contributed by atoms with Crippen molar-refractivity contribution < 1.29 is 25.8 Å². The first-order chi connectivity index (χ1) is 8.69. The van der Waals surface area contributed by atoms with E-state index in [2.05, 4.69) is 11.1 Å². The van der Waals surface area contributed by atoms with Gasteiger partial charge in [0.15, 0.2) is 0 Å². The molecule has 1 aliphatic rings. The van der Waals surface area contributed by atoms with Gasteiger partial charge in [0.2, 0.25) is 0 Å². The Bertz CT molecular complexity index is 578. The van der Waals surface area contributed by atoms with Crippen LogP contribution < -0.4 is 4.18 Å². The second kappa shape index (κ2) is 4.70. The lowest BCUT2D eigenvalue weighted by Gasteiger charge is -2.21. The summed E-state index contributed by atoms with van der Waals surface area (Å²) in [7, 11) is -5.59. The Morgan fingerprint density at radius 3 is 2.58 bits per heavy atom. The summed E-state index contributed by atoms with van der Waals surface area (Å²) in [5.74, 6) is 0.240. The van der Waals surface area contributed by atoms with Gasteiger partial charge in [-0.05, 0) is 48.4 Å². The largest absolute Gasteiger partial charge is 0.534 e. The lowest BCUT2D eigenvalue weighted by Crippen LogP contribution is -2.28. The molecule has 1 aromatic rings. The van der Waals surface area contributed by atoms with Gasteiger partial charge in [0, 0.05) is 0 Å². The molecule has 0 radical (unpaired) electrons. The second-order valence-corrected chi connectivity index (χ2v) is 6.30. The molecular weight excluding hydrogens is 281 g/mol. The third kappa shape index (κ3) is 3.02. The predicted molar refractivity (Wildman–Crippen MR) is 63.2 cm³/mol. The zero-order valence-electron chi connectivity index (χ0n) is 10.2. The van der Waals surface area contributed by atoms with Crippen molar-refractivity contribution in [2.45, 2.75) is 31.7 Å². The van der Waals surface area contributed by atoms with Crippen LogP contribution in [0.25, 0.3) is 0 Å². The van der Waals surface area contributed by atoms with Crippen LogP contribution in [0, 0.1) is 5.92 Å². The van der Waals surface area contributed by atoms with E-state index in [4.69, 9.17) is 0 Å². The second-order valence-electron chi connectivity index (χ2n) is 4.76. The number of hydrogen-bond donors (Lipinski definition) is 0. The quantitative estimate of drug-likeness (QED) is 0.622. The van der Waals surface area contributed by atoms with Crippen LogP contribution in [0.15, 0.2) is 18.2 Å². The summed E-state index contributed by atoms with van der Waals surface area (Å²) in [6.45, 7) is 2.10. The maximum absolute atomic E-state index is 12.2. The molecule has 1 aliphatic carbocycles. The molecule has 3 nitrogen and oxygen atoms in total. The van der Waals surface area contributed by atoms with Crippen molar-refractivity contribution >= 4 is 10.1 Å². The fourth-order valence-electron chi connectivity index (χ4n) is 2.14. The van der Waals surface area contributed by atoms with Crippen molar-refractivity contribution in [3.8, 4) is 5.75 Å². The first kappa shape index (κ1) is 14.2. The lowest BCUT2D eigenvalue weighted by atomic mass is 9.85.